The molecule has 1 rings (SSSR count). The molecular formula is C20H42IN5O3. The molecule has 9 heteroatoms. The fraction of sp³-hybridized carbons (Fsp3) is 0.900. The Bertz CT molecular complexity index is 515. The van der Waals surface area contributed by atoms with Gasteiger partial charge in [-0.1, -0.05) is 13.8 Å². The number of amides is 1. The molecule has 0 aromatic rings. The first kappa shape index (κ1) is 28.2. The molecule has 1 aliphatic rings. The van der Waals surface area contributed by atoms with Gasteiger partial charge in [-0.05, 0) is 40.5 Å². The number of hydrogen-bond donors (Lipinski definition) is 3. The lowest BCUT2D eigenvalue weighted by atomic mass is 10.0. The zero-order valence-corrected chi connectivity index (χ0v) is 21.8. The van der Waals surface area contributed by atoms with Gasteiger partial charge in [-0.3, -0.25) is 9.89 Å². The molecule has 8 nitrogen and oxygen atoms in total. The van der Waals surface area contributed by atoms with Crippen LogP contribution in [-0.4, -0.2) is 80.6 Å². The van der Waals surface area contributed by atoms with Gasteiger partial charge in [0.1, 0.15) is 5.60 Å². The maximum absolute atomic E-state index is 12.0. The highest BCUT2D eigenvalue weighted by molar-refractivity contribution is 14.0. The van der Waals surface area contributed by atoms with Gasteiger partial charge in [0.2, 0.25) is 0 Å². The van der Waals surface area contributed by atoms with E-state index in [2.05, 4.69) is 39.7 Å². The average Bonchev–Trinajstić information content (AvgIpc) is 2.56. The monoisotopic (exact) mass is 527 g/mol. The molecule has 29 heavy (non-hydrogen) atoms. The van der Waals surface area contributed by atoms with E-state index in [9.17, 15) is 4.79 Å². The molecule has 1 atom stereocenters. The van der Waals surface area contributed by atoms with Gasteiger partial charge in [0.25, 0.3) is 0 Å². The van der Waals surface area contributed by atoms with E-state index in [0.29, 0.717) is 18.5 Å². The predicted molar refractivity (Wildman–Crippen MR) is 129 cm³/mol. The molecule has 0 saturated carbocycles. The second-order valence-corrected chi connectivity index (χ2v) is 9.28. The molecule has 0 aromatic heterocycles. The van der Waals surface area contributed by atoms with E-state index in [0.717, 1.165) is 38.8 Å². The largest absolute Gasteiger partial charge is 0.444 e. The van der Waals surface area contributed by atoms with E-state index in [4.69, 9.17) is 9.47 Å². The second-order valence-electron chi connectivity index (χ2n) is 9.28. The SMILES string of the molecule is CN=C(NCC(C(C)C)N1CCOCC1)NCC(C)(C)NC(=O)OC(C)(C)C.I. The van der Waals surface area contributed by atoms with Crippen LogP contribution in [0.4, 0.5) is 4.79 Å². The second kappa shape index (κ2) is 12.8. The maximum Gasteiger partial charge on any atom is 0.408 e. The van der Waals surface area contributed by atoms with Crippen molar-refractivity contribution in [2.75, 3.05) is 46.4 Å². The number of ether oxygens (including phenoxy) is 2. The molecule has 1 heterocycles. The summed E-state index contributed by atoms with van der Waals surface area (Å²) >= 11 is 0. The van der Waals surface area contributed by atoms with Gasteiger partial charge < -0.3 is 25.4 Å². The van der Waals surface area contributed by atoms with E-state index < -0.39 is 17.2 Å². The summed E-state index contributed by atoms with van der Waals surface area (Å²) in [5.41, 5.74) is -1.00. The molecule has 0 bridgehead atoms. The van der Waals surface area contributed by atoms with Crippen molar-refractivity contribution in [1.82, 2.24) is 20.9 Å². The Hall–Kier alpha value is -0.810. The number of guanidine groups is 1. The van der Waals surface area contributed by atoms with E-state index >= 15 is 0 Å². The van der Waals surface area contributed by atoms with Gasteiger partial charge in [0, 0.05) is 39.3 Å². The molecule has 0 radical (unpaired) electrons. The Kier molecular flexibility index (Phi) is 12.4. The molecule has 1 aliphatic heterocycles. The van der Waals surface area contributed by atoms with Crippen molar-refractivity contribution < 1.29 is 14.3 Å². The van der Waals surface area contributed by atoms with E-state index in [1.54, 1.807) is 7.05 Å². The molecule has 0 aromatic carbocycles. The van der Waals surface area contributed by atoms with Crippen LogP contribution >= 0.6 is 24.0 Å². The third kappa shape index (κ3) is 11.8. The summed E-state index contributed by atoms with van der Waals surface area (Å²) in [6.45, 7) is 18.8. The van der Waals surface area contributed by atoms with Crippen molar-refractivity contribution in [1.29, 1.82) is 0 Å². The number of carbonyl (C=O) groups is 1. The number of hydrogen-bond acceptors (Lipinski definition) is 5. The summed E-state index contributed by atoms with van der Waals surface area (Å²) in [6, 6.07) is 0.412. The van der Waals surface area contributed by atoms with Gasteiger partial charge in [-0.2, -0.15) is 0 Å². The highest BCUT2D eigenvalue weighted by Gasteiger charge is 2.26. The number of aliphatic imine (C=N–C) groups is 1. The molecule has 1 fully saturated rings. The van der Waals surface area contributed by atoms with Crippen molar-refractivity contribution in [3.63, 3.8) is 0 Å². The normalized spacial score (nSPS) is 17.3. The molecule has 1 amide bonds. The Morgan fingerprint density at radius 1 is 1.14 bits per heavy atom. The van der Waals surface area contributed by atoms with Gasteiger partial charge in [-0.15, -0.1) is 24.0 Å². The summed E-state index contributed by atoms with van der Waals surface area (Å²) in [7, 11) is 1.75. The minimum absolute atomic E-state index is 0. The van der Waals surface area contributed by atoms with Crippen LogP contribution < -0.4 is 16.0 Å². The molecule has 0 aliphatic carbocycles. The van der Waals surface area contributed by atoms with Crippen LogP contribution in [0.25, 0.3) is 0 Å². The molecular weight excluding hydrogens is 485 g/mol. The van der Waals surface area contributed by atoms with Crippen LogP contribution in [0.2, 0.25) is 0 Å². The van der Waals surface area contributed by atoms with Gasteiger partial charge in [0.05, 0.1) is 18.8 Å². The number of morpholine rings is 1. The standard InChI is InChI=1S/C20H41N5O3.HI/c1-15(2)16(25-9-11-27-12-10-25)13-22-17(21-8)23-14-20(6,7)24-18(26)28-19(3,4)5;/h15-16H,9-14H2,1-8H3,(H,24,26)(H2,21,22,23);1H. The summed E-state index contributed by atoms with van der Waals surface area (Å²) in [5.74, 6) is 1.24. The zero-order chi connectivity index (χ0) is 21.4. The van der Waals surface area contributed by atoms with Crippen LogP contribution in [0.15, 0.2) is 4.99 Å². The number of nitrogens with one attached hydrogen (secondary N) is 3. The summed E-state index contributed by atoms with van der Waals surface area (Å²) in [5, 5.41) is 9.62. The number of halogens is 1. The fourth-order valence-electron chi connectivity index (χ4n) is 3.05. The molecule has 1 unspecified atom stereocenters. The first-order valence-corrected chi connectivity index (χ1v) is 10.2. The molecule has 3 N–H and O–H groups in total. The molecule has 0 spiro atoms. The third-order valence-electron chi connectivity index (χ3n) is 4.52. The summed E-state index contributed by atoms with van der Waals surface area (Å²) in [4.78, 5) is 18.8. The lowest BCUT2D eigenvalue weighted by molar-refractivity contribution is 0.00751. The van der Waals surface area contributed by atoms with Crippen LogP contribution in [0, 0.1) is 5.92 Å². The average molecular weight is 527 g/mol. The van der Waals surface area contributed by atoms with Gasteiger partial charge >= 0.3 is 6.09 Å². The van der Waals surface area contributed by atoms with E-state index in [-0.39, 0.29) is 24.0 Å². The number of carbonyl (C=O) groups excluding carboxylic acids is 1. The Morgan fingerprint density at radius 2 is 1.72 bits per heavy atom. The van der Waals surface area contributed by atoms with Gasteiger partial charge in [-0.25, -0.2) is 4.79 Å². The Morgan fingerprint density at radius 3 is 2.21 bits per heavy atom. The minimum atomic E-state index is -0.517. The summed E-state index contributed by atoms with van der Waals surface area (Å²) in [6.07, 6.45) is -0.422. The van der Waals surface area contributed by atoms with Crippen molar-refractivity contribution in [3.8, 4) is 0 Å². The third-order valence-corrected chi connectivity index (χ3v) is 4.52. The number of nitrogens with zero attached hydrogens (tertiary/aromatic N) is 2. The van der Waals surface area contributed by atoms with Crippen LogP contribution in [0.3, 0.4) is 0 Å². The fourth-order valence-corrected chi connectivity index (χ4v) is 3.05. The lowest BCUT2D eigenvalue weighted by Gasteiger charge is -2.37. The first-order chi connectivity index (χ1) is 12.9. The number of alkyl carbamates (subject to hydrolysis) is 1. The molecule has 172 valence electrons. The highest BCUT2D eigenvalue weighted by Crippen LogP contribution is 2.12. The van der Waals surface area contributed by atoms with Gasteiger partial charge in [0.15, 0.2) is 5.96 Å². The van der Waals surface area contributed by atoms with Crippen molar-refractivity contribution in [2.24, 2.45) is 10.9 Å². The van der Waals surface area contributed by atoms with Crippen LogP contribution in [0.5, 0.6) is 0 Å². The summed E-state index contributed by atoms with van der Waals surface area (Å²) < 4.78 is 10.8. The van der Waals surface area contributed by atoms with E-state index in [1.165, 1.54) is 0 Å². The Balaban J connectivity index is 0.00000784. The van der Waals surface area contributed by atoms with Crippen molar-refractivity contribution >= 4 is 36.0 Å². The topological polar surface area (TPSA) is 87.2 Å². The number of rotatable bonds is 7. The van der Waals surface area contributed by atoms with Crippen LogP contribution in [0.1, 0.15) is 48.5 Å². The van der Waals surface area contributed by atoms with E-state index in [1.807, 2.05) is 34.6 Å². The quantitative estimate of drug-likeness (QED) is 0.268. The van der Waals surface area contributed by atoms with Crippen LogP contribution in [-0.2, 0) is 9.47 Å². The smallest absolute Gasteiger partial charge is 0.408 e. The predicted octanol–water partition coefficient (Wildman–Crippen LogP) is 2.43. The first-order valence-electron chi connectivity index (χ1n) is 10.2. The lowest BCUT2D eigenvalue weighted by Crippen LogP contribution is -2.56. The van der Waals surface area contributed by atoms with Crippen molar-refractivity contribution in [3.05, 3.63) is 0 Å². The highest BCUT2D eigenvalue weighted by atomic mass is 127. The van der Waals surface area contributed by atoms with Crippen molar-refractivity contribution in [2.45, 2.75) is 65.6 Å². The zero-order valence-electron chi connectivity index (χ0n) is 19.4. The Labute approximate surface area is 194 Å². The molecule has 1 saturated heterocycles. The maximum atomic E-state index is 12.0. The minimum Gasteiger partial charge on any atom is -0.444 e.